The van der Waals surface area contributed by atoms with Gasteiger partial charge < -0.3 is 15.1 Å². The van der Waals surface area contributed by atoms with E-state index in [-0.39, 0.29) is 5.56 Å². The summed E-state index contributed by atoms with van der Waals surface area (Å²) in [4.78, 5) is 13.1. The summed E-state index contributed by atoms with van der Waals surface area (Å²) in [6.45, 7) is 0.500. The number of aromatic hydroxyl groups is 1. The molecular formula is C13H16FNO3. The van der Waals surface area contributed by atoms with Gasteiger partial charge in [-0.2, -0.15) is 0 Å². The maximum Gasteiger partial charge on any atom is 0.314 e. The van der Waals surface area contributed by atoms with Crippen LogP contribution in [0.25, 0.3) is 0 Å². The van der Waals surface area contributed by atoms with E-state index in [1.165, 1.54) is 6.07 Å². The Morgan fingerprint density at radius 3 is 2.50 bits per heavy atom. The largest absolute Gasteiger partial charge is 0.505 e. The van der Waals surface area contributed by atoms with Crippen LogP contribution < -0.4 is 0 Å². The van der Waals surface area contributed by atoms with E-state index < -0.39 is 23.0 Å². The molecule has 4 nitrogen and oxygen atoms in total. The minimum atomic E-state index is -1.09. The van der Waals surface area contributed by atoms with Gasteiger partial charge in [0.2, 0.25) is 0 Å². The summed E-state index contributed by atoms with van der Waals surface area (Å²) in [6, 6.07) is 2.84. The lowest BCUT2D eigenvalue weighted by Gasteiger charge is -2.16. The molecule has 1 aliphatic rings. The molecule has 0 amide bonds. The van der Waals surface area contributed by atoms with Gasteiger partial charge in [0.15, 0.2) is 11.6 Å². The number of phenols is 1. The Balaban J connectivity index is 2.47. The van der Waals surface area contributed by atoms with Crippen molar-refractivity contribution in [1.82, 2.24) is 4.90 Å². The minimum Gasteiger partial charge on any atom is -0.505 e. The zero-order chi connectivity index (χ0) is 13.5. The van der Waals surface area contributed by atoms with E-state index in [0.29, 0.717) is 24.9 Å². The van der Waals surface area contributed by atoms with E-state index in [9.17, 15) is 19.4 Å². The number of hydrogen-bond donors (Lipinski definition) is 2. The van der Waals surface area contributed by atoms with Gasteiger partial charge in [-0.25, -0.2) is 4.39 Å². The molecule has 0 aliphatic heterocycles. The van der Waals surface area contributed by atoms with Gasteiger partial charge in [0, 0.05) is 12.1 Å². The lowest BCUT2D eigenvalue weighted by molar-refractivity contribution is -0.140. The van der Waals surface area contributed by atoms with Crippen molar-refractivity contribution >= 4 is 5.97 Å². The zero-order valence-electron chi connectivity index (χ0n) is 10.4. The van der Waals surface area contributed by atoms with Crippen molar-refractivity contribution in [2.24, 2.45) is 0 Å². The third kappa shape index (κ3) is 2.06. The van der Waals surface area contributed by atoms with Crippen molar-refractivity contribution in [3.8, 4) is 5.75 Å². The molecule has 0 radical (unpaired) electrons. The van der Waals surface area contributed by atoms with Crippen molar-refractivity contribution in [3.05, 3.63) is 29.1 Å². The average molecular weight is 253 g/mol. The molecular weight excluding hydrogens is 237 g/mol. The Morgan fingerprint density at radius 1 is 1.44 bits per heavy atom. The number of carbonyl (C=O) groups is 1. The first-order valence-corrected chi connectivity index (χ1v) is 5.77. The molecule has 0 heterocycles. The van der Waals surface area contributed by atoms with Gasteiger partial charge in [-0.3, -0.25) is 4.79 Å². The van der Waals surface area contributed by atoms with Crippen molar-refractivity contribution in [2.45, 2.75) is 24.8 Å². The molecule has 98 valence electrons. The molecule has 1 aromatic rings. The van der Waals surface area contributed by atoms with E-state index in [2.05, 4.69) is 0 Å². The monoisotopic (exact) mass is 253 g/mol. The molecule has 1 aromatic carbocycles. The molecule has 0 bridgehead atoms. The summed E-state index contributed by atoms with van der Waals surface area (Å²) in [5.74, 6) is -2.28. The number of carboxylic acids is 1. The summed E-state index contributed by atoms with van der Waals surface area (Å²) in [5, 5.41) is 18.9. The van der Waals surface area contributed by atoms with Gasteiger partial charge in [0.1, 0.15) is 0 Å². The van der Waals surface area contributed by atoms with Crippen LogP contribution in [0.15, 0.2) is 12.1 Å². The Labute approximate surface area is 105 Å². The summed E-state index contributed by atoms with van der Waals surface area (Å²) in [5.41, 5.74) is -0.225. The fourth-order valence-electron chi connectivity index (χ4n) is 2.20. The van der Waals surface area contributed by atoms with Crippen molar-refractivity contribution < 1.29 is 19.4 Å². The lowest BCUT2D eigenvalue weighted by Crippen LogP contribution is -2.21. The van der Waals surface area contributed by atoms with Gasteiger partial charge in [-0.05, 0) is 44.6 Å². The predicted octanol–water partition coefficient (Wildman–Crippen LogP) is 1.71. The smallest absolute Gasteiger partial charge is 0.314 e. The van der Waals surface area contributed by atoms with Crippen LogP contribution in [0.1, 0.15) is 24.0 Å². The molecule has 0 atom stereocenters. The standard InChI is InChI=1S/C13H16FNO3/c1-15(2)7-8-5-9(11(16)10(14)6-8)13(3-4-13)12(17)18/h5-6,16H,3-4,7H2,1-2H3,(H,17,18). The summed E-state index contributed by atoms with van der Waals surface area (Å²) >= 11 is 0. The molecule has 18 heavy (non-hydrogen) atoms. The summed E-state index contributed by atoms with van der Waals surface area (Å²) < 4.78 is 13.7. The van der Waals surface area contributed by atoms with Crippen LogP contribution in [-0.4, -0.2) is 35.2 Å². The molecule has 2 rings (SSSR count). The molecule has 0 aromatic heterocycles. The fourth-order valence-corrected chi connectivity index (χ4v) is 2.20. The highest BCUT2D eigenvalue weighted by Gasteiger charge is 2.53. The van der Waals surface area contributed by atoms with Gasteiger partial charge in [-0.15, -0.1) is 0 Å². The second-order valence-electron chi connectivity index (χ2n) is 5.10. The van der Waals surface area contributed by atoms with Crippen molar-refractivity contribution in [2.75, 3.05) is 14.1 Å². The van der Waals surface area contributed by atoms with Crippen LogP contribution in [0.3, 0.4) is 0 Å². The van der Waals surface area contributed by atoms with Gasteiger partial charge in [0.25, 0.3) is 0 Å². The second kappa shape index (κ2) is 4.24. The van der Waals surface area contributed by atoms with E-state index in [1.807, 2.05) is 19.0 Å². The van der Waals surface area contributed by atoms with Crippen LogP contribution in [0, 0.1) is 5.82 Å². The molecule has 0 spiro atoms. The minimum absolute atomic E-state index is 0.201. The lowest BCUT2D eigenvalue weighted by atomic mass is 9.93. The Morgan fingerprint density at radius 2 is 2.06 bits per heavy atom. The molecule has 0 unspecified atom stereocenters. The van der Waals surface area contributed by atoms with E-state index >= 15 is 0 Å². The number of nitrogens with zero attached hydrogens (tertiary/aromatic N) is 1. The quantitative estimate of drug-likeness (QED) is 0.857. The average Bonchev–Trinajstić information content (AvgIpc) is 3.03. The van der Waals surface area contributed by atoms with Crippen molar-refractivity contribution in [1.29, 1.82) is 0 Å². The Hall–Kier alpha value is -1.62. The van der Waals surface area contributed by atoms with Gasteiger partial charge in [-0.1, -0.05) is 0 Å². The summed E-state index contributed by atoms with van der Waals surface area (Å²) in [7, 11) is 3.68. The van der Waals surface area contributed by atoms with Crippen LogP contribution >= 0.6 is 0 Å². The molecule has 1 saturated carbocycles. The maximum absolute atomic E-state index is 13.7. The maximum atomic E-state index is 13.7. The van der Waals surface area contributed by atoms with E-state index in [4.69, 9.17) is 0 Å². The first-order chi connectivity index (χ1) is 8.36. The molecule has 1 fully saturated rings. The second-order valence-corrected chi connectivity index (χ2v) is 5.10. The number of aliphatic carboxylic acids is 1. The fraction of sp³-hybridized carbons (Fsp3) is 0.462. The van der Waals surface area contributed by atoms with E-state index in [1.54, 1.807) is 6.07 Å². The predicted molar refractivity (Wildman–Crippen MR) is 64.0 cm³/mol. The zero-order valence-corrected chi connectivity index (χ0v) is 10.4. The first-order valence-electron chi connectivity index (χ1n) is 5.77. The number of halogens is 1. The SMILES string of the molecule is CN(C)Cc1cc(F)c(O)c(C2(C(=O)O)CC2)c1. The Bertz CT molecular complexity index is 495. The van der Waals surface area contributed by atoms with Crippen LogP contribution in [0.4, 0.5) is 4.39 Å². The molecule has 2 N–H and O–H groups in total. The topological polar surface area (TPSA) is 60.8 Å². The highest BCUT2D eigenvalue weighted by molar-refractivity contribution is 5.86. The number of benzene rings is 1. The first kappa shape index (κ1) is 12.8. The third-order valence-electron chi connectivity index (χ3n) is 3.30. The Kier molecular flexibility index (Phi) is 3.02. The molecule has 5 heteroatoms. The van der Waals surface area contributed by atoms with Crippen LogP contribution in [-0.2, 0) is 16.8 Å². The number of rotatable bonds is 4. The highest BCUT2D eigenvalue weighted by atomic mass is 19.1. The third-order valence-corrected chi connectivity index (χ3v) is 3.30. The number of carboxylic acid groups (broad SMARTS) is 1. The highest BCUT2D eigenvalue weighted by Crippen LogP contribution is 2.52. The molecule has 1 aliphatic carbocycles. The normalized spacial score (nSPS) is 16.9. The van der Waals surface area contributed by atoms with Crippen LogP contribution in [0.2, 0.25) is 0 Å². The number of phenolic OH excluding ortho intramolecular Hbond substituents is 1. The van der Waals surface area contributed by atoms with Crippen LogP contribution in [0.5, 0.6) is 5.75 Å². The summed E-state index contributed by atoms with van der Waals surface area (Å²) in [6.07, 6.45) is 0.890. The van der Waals surface area contributed by atoms with Crippen molar-refractivity contribution in [3.63, 3.8) is 0 Å². The van der Waals surface area contributed by atoms with Gasteiger partial charge >= 0.3 is 5.97 Å². The number of hydrogen-bond acceptors (Lipinski definition) is 3. The molecule has 0 saturated heterocycles. The van der Waals surface area contributed by atoms with Gasteiger partial charge in [0.05, 0.1) is 5.41 Å². The van der Waals surface area contributed by atoms with E-state index in [0.717, 1.165) is 0 Å².